The van der Waals surface area contributed by atoms with E-state index in [4.69, 9.17) is 5.11 Å². The van der Waals surface area contributed by atoms with Crippen molar-refractivity contribution in [3.8, 4) is 0 Å². The minimum Gasteiger partial charge on any atom is -0.393 e. The quantitative estimate of drug-likeness (QED) is 0.882. The van der Waals surface area contributed by atoms with E-state index in [0.29, 0.717) is 6.42 Å². The Morgan fingerprint density at radius 1 is 1.38 bits per heavy atom. The number of hydrogen-bond acceptors (Lipinski definition) is 2. The Bertz CT molecular complexity index is 571. The fourth-order valence-corrected chi connectivity index (χ4v) is 2.94. The van der Waals surface area contributed by atoms with Crippen molar-refractivity contribution < 1.29 is 18.7 Å². The second-order valence-electron chi connectivity index (χ2n) is 7.80. The molecule has 0 bridgehead atoms. The summed E-state index contributed by atoms with van der Waals surface area (Å²) in [6.45, 7) is 5.76. The van der Waals surface area contributed by atoms with Crippen molar-refractivity contribution in [1.82, 2.24) is 10.2 Å². The largest absolute Gasteiger partial charge is 0.393 e. The molecule has 1 aliphatic rings. The highest BCUT2D eigenvalue weighted by Crippen LogP contribution is 2.31. The summed E-state index contributed by atoms with van der Waals surface area (Å²) in [6.07, 6.45) is 0.802. The zero-order valence-electron chi connectivity index (χ0n) is 14.5. The van der Waals surface area contributed by atoms with E-state index < -0.39 is 12.3 Å². The zero-order valence-corrected chi connectivity index (χ0v) is 14.5. The number of aliphatic hydroxyl groups is 1. The van der Waals surface area contributed by atoms with Crippen molar-refractivity contribution in [2.75, 3.05) is 19.7 Å². The summed E-state index contributed by atoms with van der Waals surface area (Å²) in [5, 5.41) is 12.0. The van der Waals surface area contributed by atoms with Crippen LogP contribution in [0.25, 0.3) is 0 Å². The number of aliphatic hydroxyl groups excluding tert-OH is 1. The molecule has 2 rings (SSSR count). The molecular weight excluding hydrogens is 314 g/mol. The molecule has 1 aromatic carbocycles. The van der Waals surface area contributed by atoms with Crippen LogP contribution in [-0.4, -0.2) is 41.4 Å². The Morgan fingerprint density at radius 2 is 2.00 bits per heavy atom. The molecule has 0 radical (unpaired) electrons. The first kappa shape index (κ1) is 18.6. The number of carbonyl (C=O) groups excluding carboxylic acids is 1. The molecule has 134 valence electrons. The molecular formula is C18H26F2N2O2. The lowest BCUT2D eigenvalue weighted by atomic mass is 9.85. The highest BCUT2D eigenvalue weighted by atomic mass is 19.1. The van der Waals surface area contributed by atoms with Crippen molar-refractivity contribution in [1.29, 1.82) is 0 Å². The molecule has 24 heavy (non-hydrogen) atoms. The Hall–Kier alpha value is -1.69. The molecule has 6 heteroatoms. The van der Waals surface area contributed by atoms with Gasteiger partial charge < -0.3 is 15.3 Å². The van der Waals surface area contributed by atoms with Crippen LogP contribution in [0.3, 0.4) is 0 Å². The van der Waals surface area contributed by atoms with Gasteiger partial charge in [0.25, 0.3) is 0 Å². The van der Waals surface area contributed by atoms with Crippen LogP contribution in [0.5, 0.6) is 0 Å². The number of nitrogens with one attached hydrogen (secondary N) is 1. The second kappa shape index (κ2) is 7.05. The molecule has 0 spiro atoms. The van der Waals surface area contributed by atoms with Gasteiger partial charge in [0.1, 0.15) is 5.82 Å². The van der Waals surface area contributed by atoms with E-state index in [-0.39, 0.29) is 42.8 Å². The normalized spacial score (nSPS) is 22.5. The lowest BCUT2D eigenvalue weighted by Gasteiger charge is -2.29. The second-order valence-corrected chi connectivity index (χ2v) is 7.80. The molecule has 1 saturated heterocycles. The van der Waals surface area contributed by atoms with Gasteiger partial charge in [0.15, 0.2) is 5.67 Å². The topological polar surface area (TPSA) is 52.6 Å². The van der Waals surface area contributed by atoms with E-state index in [1.54, 1.807) is 12.1 Å². The third-order valence-electron chi connectivity index (χ3n) is 4.26. The number of alkyl halides is 1. The van der Waals surface area contributed by atoms with E-state index in [1.165, 1.54) is 17.0 Å². The first-order chi connectivity index (χ1) is 11.1. The van der Waals surface area contributed by atoms with Gasteiger partial charge in [-0.1, -0.05) is 32.9 Å². The number of likely N-dealkylation sites (tertiary alicyclic amines) is 1. The van der Waals surface area contributed by atoms with Crippen LogP contribution in [0.4, 0.5) is 13.6 Å². The van der Waals surface area contributed by atoms with Crippen molar-refractivity contribution in [2.45, 2.75) is 45.3 Å². The summed E-state index contributed by atoms with van der Waals surface area (Å²) >= 11 is 0. The van der Waals surface area contributed by atoms with Crippen LogP contribution in [-0.2, 0) is 0 Å². The minimum atomic E-state index is -1.72. The number of rotatable bonds is 4. The van der Waals surface area contributed by atoms with E-state index in [0.717, 1.165) is 5.56 Å². The molecule has 2 N–H and O–H groups in total. The Labute approximate surface area is 141 Å². The number of amides is 2. The highest BCUT2D eigenvalue weighted by Gasteiger charge is 2.40. The summed E-state index contributed by atoms with van der Waals surface area (Å²) in [6, 6.07) is 5.40. The molecule has 4 nitrogen and oxygen atoms in total. The monoisotopic (exact) mass is 340 g/mol. The molecule has 2 atom stereocenters. The van der Waals surface area contributed by atoms with Crippen molar-refractivity contribution >= 4 is 6.03 Å². The maximum absolute atomic E-state index is 14.1. The molecule has 1 aliphatic heterocycles. The summed E-state index contributed by atoms with van der Waals surface area (Å²) < 4.78 is 27.3. The number of nitrogens with zero attached hydrogens (tertiary/aromatic N) is 1. The van der Waals surface area contributed by atoms with Gasteiger partial charge in [0.05, 0.1) is 19.2 Å². The van der Waals surface area contributed by atoms with Gasteiger partial charge in [-0.05, 0) is 29.5 Å². The summed E-state index contributed by atoms with van der Waals surface area (Å²) in [7, 11) is 0. The van der Waals surface area contributed by atoms with Gasteiger partial charge in [0.2, 0.25) is 0 Å². The van der Waals surface area contributed by atoms with Crippen molar-refractivity contribution in [3.63, 3.8) is 0 Å². The van der Waals surface area contributed by atoms with Crippen LogP contribution in [0.1, 0.15) is 45.2 Å². The van der Waals surface area contributed by atoms with E-state index in [2.05, 4.69) is 26.1 Å². The third kappa shape index (κ3) is 4.90. The SMILES string of the molecule is CC(C)(C)C[C@@H](NC(=O)N1CC[C@@](F)(CO)C1)c1ccc(F)cc1. The fraction of sp³-hybridized carbons (Fsp3) is 0.611. The maximum atomic E-state index is 14.1. The van der Waals surface area contributed by atoms with Gasteiger partial charge >= 0.3 is 6.03 Å². The summed E-state index contributed by atoms with van der Waals surface area (Å²) in [4.78, 5) is 13.9. The molecule has 2 amide bonds. The van der Waals surface area contributed by atoms with Crippen LogP contribution in [0.15, 0.2) is 24.3 Å². The van der Waals surface area contributed by atoms with Gasteiger partial charge in [-0.2, -0.15) is 0 Å². The fourth-order valence-electron chi connectivity index (χ4n) is 2.94. The molecule has 1 fully saturated rings. The van der Waals surface area contributed by atoms with Gasteiger partial charge in [-0.25, -0.2) is 13.6 Å². The van der Waals surface area contributed by atoms with Gasteiger partial charge in [-0.15, -0.1) is 0 Å². The van der Waals surface area contributed by atoms with Crippen molar-refractivity contribution in [3.05, 3.63) is 35.6 Å². The third-order valence-corrected chi connectivity index (χ3v) is 4.26. The Morgan fingerprint density at radius 3 is 2.50 bits per heavy atom. The van der Waals surface area contributed by atoms with Gasteiger partial charge in [-0.3, -0.25) is 0 Å². The average Bonchev–Trinajstić information content (AvgIpc) is 2.89. The molecule has 0 unspecified atom stereocenters. The van der Waals surface area contributed by atoms with Crippen LogP contribution in [0.2, 0.25) is 0 Å². The number of urea groups is 1. The minimum absolute atomic E-state index is 0.0493. The predicted octanol–water partition coefficient (Wildman–Crippen LogP) is 3.42. The van der Waals surface area contributed by atoms with Crippen LogP contribution in [0, 0.1) is 11.2 Å². The molecule has 1 aromatic rings. The molecule has 0 aliphatic carbocycles. The zero-order chi connectivity index (χ0) is 18.0. The first-order valence-electron chi connectivity index (χ1n) is 8.23. The van der Waals surface area contributed by atoms with Crippen LogP contribution >= 0.6 is 0 Å². The van der Waals surface area contributed by atoms with Crippen molar-refractivity contribution in [2.24, 2.45) is 5.41 Å². The average molecular weight is 340 g/mol. The lowest BCUT2D eigenvalue weighted by molar-refractivity contribution is 0.0802. The van der Waals surface area contributed by atoms with E-state index in [1.807, 2.05) is 0 Å². The Balaban J connectivity index is 2.10. The Kier molecular flexibility index (Phi) is 5.48. The van der Waals surface area contributed by atoms with Gasteiger partial charge in [0, 0.05) is 13.0 Å². The number of benzene rings is 1. The number of halogens is 2. The summed E-state index contributed by atoms with van der Waals surface area (Å²) in [5.41, 5.74) is -0.952. The van der Waals surface area contributed by atoms with E-state index in [9.17, 15) is 13.6 Å². The predicted molar refractivity (Wildman–Crippen MR) is 88.9 cm³/mol. The first-order valence-corrected chi connectivity index (χ1v) is 8.23. The smallest absolute Gasteiger partial charge is 0.317 e. The number of carbonyl (C=O) groups is 1. The highest BCUT2D eigenvalue weighted by molar-refractivity contribution is 5.75. The molecule has 0 aromatic heterocycles. The molecule has 0 saturated carbocycles. The van der Waals surface area contributed by atoms with Crippen LogP contribution < -0.4 is 5.32 Å². The maximum Gasteiger partial charge on any atom is 0.317 e. The number of hydrogen-bond donors (Lipinski definition) is 2. The van der Waals surface area contributed by atoms with E-state index >= 15 is 0 Å². The summed E-state index contributed by atoms with van der Waals surface area (Å²) in [5.74, 6) is -0.329. The lowest BCUT2D eigenvalue weighted by Crippen LogP contribution is -2.43. The molecule has 1 heterocycles. The standard InChI is InChI=1S/C18H26F2N2O2/c1-17(2,3)10-15(13-4-6-14(19)7-5-13)21-16(24)22-9-8-18(20,11-22)12-23/h4-7,15,23H,8-12H2,1-3H3,(H,21,24)/t15-,18+/m1/s1.